The lowest BCUT2D eigenvalue weighted by Gasteiger charge is -2.30. The van der Waals surface area contributed by atoms with Gasteiger partial charge in [0.2, 0.25) is 11.8 Å². The van der Waals surface area contributed by atoms with E-state index in [0.29, 0.717) is 59.7 Å². The van der Waals surface area contributed by atoms with Crippen molar-refractivity contribution in [2.75, 3.05) is 36.9 Å². The molecule has 0 aromatic heterocycles. The number of rotatable bonds is 19. The summed E-state index contributed by atoms with van der Waals surface area (Å²) in [6.07, 6.45) is 0.289. The fourth-order valence-electron chi connectivity index (χ4n) is 4.43. The lowest BCUT2D eigenvalue weighted by Crippen LogP contribution is -2.45. The molecule has 0 saturated carbocycles. The van der Waals surface area contributed by atoms with E-state index in [1.807, 2.05) is 32.6 Å². The van der Waals surface area contributed by atoms with Crippen molar-refractivity contribution in [3.05, 3.63) is 47.5 Å². The van der Waals surface area contributed by atoms with Crippen LogP contribution < -0.4 is 20.1 Å². The number of ketones is 2. The van der Waals surface area contributed by atoms with Crippen molar-refractivity contribution in [3.63, 3.8) is 0 Å². The Morgan fingerprint density at radius 2 is 1.11 bits per heavy atom. The van der Waals surface area contributed by atoms with E-state index in [2.05, 4.69) is 10.6 Å². The molecule has 4 N–H and O–H groups in total. The number of anilines is 2. The van der Waals surface area contributed by atoms with Crippen LogP contribution in [0.5, 0.6) is 11.5 Å². The number of carbonyl (C=O) groups is 4. The van der Waals surface area contributed by atoms with Gasteiger partial charge in [-0.2, -0.15) is 0 Å². The maximum absolute atomic E-state index is 12.2. The van der Waals surface area contributed by atoms with Gasteiger partial charge in [0.15, 0.2) is 11.6 Å². The summed E-state index contributed by atoms with van der Waals surface area (Å²) in [6, 6.07) is 9.56. The third kappa shape index (κ3) is 12.1. The van der Waals surface area contributed by atoms with Crippen LogP contribution in [0, 0.1) is 0 Å². The van der Waals surface area contributed by atoms with Crippen LogP contribution in [0.4, 0.5) is 11.4 Å². The van der Waals surface area contributed by atoms with Crippen molar-refractivity contribution in [2.24, 2.45) is 0 Å². The van der Waals surface area contributed by atoms with E-state index < -0.39 is 12.2 Å². The molecule has 0 aliphatic carbocycles. The summed E-state index contributed by atoms with van der Waals surface area (Å²) in [6.45, 7) is 10.6. The van der Waals surface area contributed by atoms with Crippen LogP contribution >= 0.6 is 0 Å². The number of carbonyl (C=O) groups excluding carboxylic acids is 4. The number of benzene rings is 2. The van der Waals surface area contributed by atoms with Crippen LogP contribution in [0.2, 0.25) is 0 Å². The van der Waals surface area contributed by atoms with Gasteiger partial charge in [-0.05, 0) is 76.9 Å². The summed E-state index contributed by atoms with van der Waals surface area (Å²) in [5, 5.41) is 27.0. The summed E-state index contributed by atoms with van der Waals surface area (Å²) < 4.78 is 11.6. The minimum absolute atomic E-state index is 0.0307. The lowest BCUT2D eigenvalue weighted by molar-refractivity contribution is -0.117. The second kappa shape index (κ2) is 18.1. The molecular weight excluding hydrogens is 566 g/mol. The Morgan fingerprint density at radius 1 is 0.727 bits per heavy atom. The van der Waals surface area contributed by atoms with Crippen molar-refractivity contribution < 1.29 is 38.9 Å². The van der Waals surface area contributed by atoms with Crippen molar-refractivity contribution in [1.29, 1.82) is 0 Å². The summed E-state index contributed by atoms with van der Waals surface area (Å²) in [5.41, 5.74) is 1.57. The maximum atomic E-state index is 12.2. The van der Waals surface area contributed by atoms with E-state index in [-0.39, 0.29) is 55.7 Å². The molecule has 0 aliphatic rings. The molecule has 0 fully saturated rings. The molecule has 2 atom stereocenters. The predicted molar refractivity (Wildman–Crippen MR) is 170 cm³/mol. The zero-order valence-corrected chi connectivity index (χ0v) is 26.6. The Labute approximate surface area is 259 Å². The average Bonchev–Trinajstić information content (AvgIpc) is 2.95. The highest BCUT2D eigenvalue weighted by Gasteiger charge is 2.21. The molecule has 0 saturated heterocycles. The minimum atomic E-state index is -0.936. The maximum Gasteiger partial charge on any atom is 0.224 e. The Kier molecular flexibility index (Phi) is 15.0. The molecule has 11 nitrogen and oxygen atoms in total. The van der Waals surface area contributed by atoms with Gasteiger partial charge in [-0.3, -0.25) is 24.1 Å². The van der Waals surface area contributed by atoms with Crippen molar-refractivity contribution in [1.82, 2.24) is 4.90 Å². The van der Waals surface area contributed by atoms with Gasteiger partial charge in [-0.1, -0.05) is 13.8 Å². The third-order valence-corrected chi connectivity index (χ3v) is 6.72. The quantitative estimate of drug-likeness (QED) is 0.168. The highest BCUT2D eigenvalue weighted by atomic mass is 16.5. The molecule has 0 radical (unpaired) electrons. The molecule has 0 bridgehead atoms. The monoisotopic (exact) mass is 613 g/mol. The van der Waals surface area contributed by atoms with Gasteiger partial charge in [0, 0.05) is 43.3 Å². The second-order valence-electron chi connectivity index (χ2n) is 11.1. The number of Topliss-reactive ketones (excluding diaryl/α,β-unsaturated/α-hetero) is 2. The normalized spacial score (nSPS) is 12.5. The fourth-order valence-corrected chi connectivity index (χ4v) is 4.43. The van der Waals surface area contributed by atoms with Gasteiger partial charge < -0.3 is 30.3 Å². The largest absolute Gasteiger partial charge is 0.490 e. The SMILES string of the molecule is CCCC(=O)Nc1ccc(OC[C@@H](O)CN(C[C@@H](O)COc2ccc(NC(=O)CCC)cc2C(C)=O)C(C)C)c(C(C)=O)c1. The van der Waals surface area contributed by atoms with E-state index in [9.17, 15) is 29.4 Å². The Hall–Kier alpha value is -3.80. The number of nitrogens with zero attached hydrogens (tertiary/aromatic N) is 1. The standard InChI is InChI=1S/C33H47N3O8/c1-7-9-32(41)34-24-11-13-30(28(15-24)22(5)37)43-19-26(39)17-36(21(3)4)18-27(40)20-44-31-14-12-25(16-29(31)23(6)38)35-33(42)10-8-2/h11-16,21,26-27,39-40H,7-10,17-20H2,1-6H3,(H,34,41)(H,35,42)/t26-,27+. The van der Waals surface area contributed by atoms with E-state index in [1.54, 1.807) is 36.4 Å². The van der Waals surface area contributed by atoms with E-state index in [1.165, 1.54) is 13.8 Å². The van der Waals surface area contributed by atoms with Crippen LogP contribution in [0.1, 0.15) is 87.9 Å². The van der Waals surface area contributed by atoms with Crippen LogP contribution in [-0.4, -0.2) is 83.0 Å². The number of hydrogen-bond acceptors (Lipinski definition) is 9. The molecule has 11 heteroatoms. The highest BCUT2D eigenvalue weighted by molar-refractivity contribution is 6.00. The van der Waals surface area contributed by atoms with Gasteiger partial charge in [-0.15, -0.1) is 0 Å². The first-order valence-electron chi connectivity index (χ1n) is 15.1. The molecule has 242 valence electrons. The Morgan fingerprint density at radius 3 is 1.43 bits per heavy atom. The zero-order chi connectivity index (χ0) is 32.8. The van der Waals surface area contributed by atoms with Crippen molar-refractivity contribution in [2.45, 2.75) is 85.5 Å². The number of nitrogens with one attached hydrogen (secondary N) is 2. The van der Waals surface area contributed by atoms with E-state index >= 15 is 0 Å². The molecule has 2 rings (SSSR count). The van der Waals surface area contributed by atoms with Crippen LogP contribution in [0.15, 0.2) is 36.4 Å². The average molecular weight is 614 g/mol. The summed E-state index contributed by atoms with van der Waals surface area (Å²) in [5.74, 6) is -0.165. The number of ether oxygens (including phenoxy) is 2. The van der Waals surface area contributed by atoms with E-state index in [4.69, 9.17) is 9.47 Å². The number of hydrogen-bond donors (Lipinski definition) is 4. The molecule has 0 unspecified atom stereocenters. The molecule has 0 spiro atoms. The number of aliphatic hydroxyl groups excluding tert-OH is 2. The van der Waals surface area contributed by atoms with Crippen molar-refractivity contribution in [3.8, 4) is 11.5 Å². The van der Waals surface area contributed by atoms with Crippen molar-refractivity contribution >= 4 is 34.8 Å². The first kappa shape index (κ1) is 36.4. The van der Waals surface area contributed by atoms with Gasteiger partial charge in [-0.25, -0.2) is 0 Å². The molecule has 44 heavy (non-hydrogen) atoms. The summed E-state index contributed by atoms with van der Waals surface area (Å²) in [7, 11) is 0. The Balaban J connectivity index is 1.97. The fraction of sp³-hybridized carbons (Fsp3) is 0.515. The molecule has 0 heterocycles. The van der Waals surface area contributed by atoms with Crippen LogP contribution in [-0.2, 0) is 9.59 Å². The highest BCUT2D eigenvalue weighted by Crippen LogP contribution is 2.25. The number of aliphatic hydroxyl groups is 2. The first-order valence-corrected chi connectivity index (χ1v) is 15.1. The van der Waals surface area contributed by atoms with Crippen LogP contribution in [0.3, 0.4) is 0 Å². The van der Waals surface area contributed by atoms with Gasteiger partial charge in [0.1, 0.15) is 36.9 Å². The lowest BCUT2D eigenvalue weighted by atomic mass is 10.1. The topological polar surface area (TPSA) is 154 Å². The molecule has 0 aliphatic heterocycles. The second-order valence-corrected chi connectivity index (χ2v) is 11.1. The third-order valence-electron chi connectivity index (χ3n) is 6.72. The zero-order valence-electron chi connectivity index (χ0n) is 26.6. The summed E-state index contributed by atoms with van der Waals surface area (Å²) in [4.78, 5) is 50.2. The first-order chi connectivity index (χ1) is 20.8. The molecule has 2 amide bonds. The molecule has 2 aromatic carbocycles. The Bertz CT molecular complexity index is 1190. The van der Waals surface area contributed by atoms with E-state index in [0.717, 1.165) is 0 Å². The minimum Gasteiger partial charge on any atom is -0.490 e. The van der Waals surface area contributed by atoms with Gasteiger partial charge >= 0.3 is 0 Å². The van der Waals surface area contributed by atoms with Gasteiger partial charge in [0.05, 0.1) is 11.1 Å². The summed E-state index contributed by atoms with van der Waals surface area (Å²) >= 11 is 0. The van der Waals surface area contributed by atoms with Crippen LogP contribution in [0.25, 0.3) is 0 Å². The molecular formula is C33H47N3O8. The smallest absolute Gasteiger partial charge is 0.224 e. The predicted octanol–water partition coefficient (Wildman–Crippen LogP) is 4.46. The van der Waals surface area contributed by atoms with Gasteiger partial charge in [0.25, 0.3) is 0 Å². The number of amides is 2. The molecule has 2 aromatic rings.